The highest BCUT2D eigenvalue weighted by atomic mass is 16.3. The van der Waals surface area contributed by atoms with Gasteiger partial charge in [0.1, 0.15) is 0 Å². The van der Waals surface area contributed by atoms with Gasteiger partial charge in [-0.3, -0.25) is 9.67 Å². The highest BCUT2D eigenvalue weighted by Crippen LogP contribution is 2.21. The molecule has 5 nitrogen and oxygen atoms in total. The van der Waals surface area contributed by atoms with Gasteiger partial charge >= 0.3 is 0 Å². The topological polar surface area (TPSA) is 63.0 Å². The summed E-state index contributed by atoms with van der Waals surface area (Å²) in [6.45, 7) is 7.34. The Morgan fingerprint density at radius 1 is 1.29 bits per heavy atom. The van der Waals surface area contributed by atoms with Crippen LogP contribution in [0.5, 0.6) is 0 Å². The maximum absolute atomic E-state index is 10.1. The van der Waals surface area contributed by atoms with Crippen LogP contribution in [0.3, 0.4) is 0 Å². The fourth-order valence-electron chi connectivity index (χ4n) is 2.07. The van der Waals surface area contributed by atoms with Crippen molar-refractivity contribution in [2.75, 3.05) is 6.54 Å². The second-order valence-electron chi connectivity index (χ2n) is 6.43. The summed E-state index contributed by atoms with van der Waals surface area (Å²) in [4.78, 5) is 4.04. The Kier molecular flexibility index (Phi) is 4.75. The molecule has 0 radical (unpaired) electrons. The van der Waals surface area contributed by atoms with E-state index in [-0.39, 0.29) is 11.5 Å². The third-order valence-corrected chi connectivity index (χ3v) is 3.51. The van der Waals surface area contributed by atoms with Crippen LogP contribution in [0, 0.1) is 5.41 Å². The summed E-state index contributed by atoms with van der Waals surface area (Å²) in [6.07, 6.45) is 5.17. The lowest BCUT2D eigenvalue weighted by Gasteiger charge is -2.26. The molecule has 0 amide bonds. The van der Waals surface area contributed by atoms with Crippen molar-refractivity contribution in [1.82, 2.24) is 20.1 Å². The maximum Gasteiger partial charge on any atom is 0.0969 e. The molecule has 1 atom stereocenters. The summed E-state index contributed by atoms with van der Waals surface area (Å²) in [5.41, 5.74) is 3.01. The number of pyridine rings is 1. The van der Waals surface area contributed by atoms with Crippen molar-refractivity contribution in [3.63, 3.8) is 0 Å². The van der Waals surface area contributed by atoms with Gasteiger partial charge in [-0.05, 0) is 17.5 Å². The standard InChI is InChI=1S/C16H24N4O/c1-16(2,3)14(21)10-18-9-13-11-20(4)19-15(13)12-5-7-17-8-6-12/h5-8,11,14,18,21H,9-10H2,1-4H3. The van der Waals surface area contributed by atoms with Gasteiger partial charge in [0.15, 0.2) is 0 Å². The van der Waals surface area contributed by atoms with E-state index >= 15 is 0 Å². The predicted octanol–water partition coefficient (Wildman–Crippen LogP) is 1.98. The van der Waals surface area contributed by atoms with Crippen LogP contribution in [0.15, 0.2) is 30.7 Å². The number of hydrogen-bond donors (Lipinski definition) is 2. The summed E-state index contributed by atoms with van der Waals surface area (Å²) in [5.74, 6) is 0. The average molecular weight is 288 g/mol. The van der Waals surface area contributed by atoms with Crippen LogP contribution >= 0.6 is 0 Å². The van der Waals surface area contributed by atoms with Crippen LogP contribution < -0.4 is 5.32 Å². The molecule has 0 saturated carbocycles. The van der Waals surface area contributed by atoms with E-state index < -0.39 is 0 Å². The van der Waals surface area contributed by atoms with Crippen molar-refractivity contribution < 1.29 is 5.11 Å². The third-order valence-electron chi connectivity index (χ3n) is 3.51. The molecule has 114 valence electrons. The number of hydrogen-bond acceptors (Lipinski definition) is 4. The first-order valence-electron chi connectivity index (χ1n) is 7.19. The number of nitrogens with one attached hydrogen (secondary N) is 1. The van der Waals surface area contributed by atoms with Gasteiger partial charge in [-0.1, -0.05) is 20.8 Å². The van der Waals surface area contributed by atoms with Gasteiger partial charge in [0, 0.05) is 49.9 Å². The van der Waals surface area contributed by atoms with Crippen LogP contribution in [0.25, 0.3) is 11.3 Å². The van der Waals surface area contributed by atoms with Gasteiger partial charge in [-0.25, -0.2) is 0 Å². The maximum atomic E-state index is 10.1. The van der Waals surface area contributed by atoms with E-state index in [0.29, 0.717) is 13.1 Å². The minimum atomic E-state index is -0.376. The van der Waals surface area contributed by atoms with Gasteiger partial charge in [-0.2, -0.15) is 5.10 Å². The number of rotatable bonds is 5. The van der Waals surface area contributed by atoms with Crippen molar-refractivity contribution in [2.24, 2.45) is 12.5 Å². The van der Waals surface area contributed by atoms with Crippen molar-refractivity contribution in [3.05, 3.63) is 36.3 Å². The zero-order valence-electron chi connectivity index (χ0n) is 13.2. The molecule has 2 aromatic heterocycles. The molecule has 1 unspecified atom stereocenters. The van der Waals surface area contributed by atoms with Crippen LogP contribution in [0.2, 0.25) is 0 Å². The van der Waals surface area contributed by atoms with Crippen LogP contribution in [0.4, 0.5) is 0 Å². The van der Waals surface area contributed by atoms with Crippen molar-refractivity contribution in [2.45, 2.75) is 33.4 Å². The van der Waals surface area contributed by atoms with E-state index in [1.807, 2.05) is 50.8 Å². The lowest BCUT2D eigenvalue weighted by Crippen LogP contribution is -2.36. The molecule has 2 heterocycles. The first kappa shape index (κ1) is 15.7. The molecule has 2 rings (SSSR count). The second-order valence-corrected chi connectivity index (χ2v) is 6.43. The molecule has 0 saturated heterocycles. The van der Waals surface area contributed by atoms with E-state index in [2.05, 4.69) is 15.4 Å². The molecule has 0 aliphatic heterocycles. The Hall–Kier alpha value is -1.72. The molecule has 0 bridgehead atoms. The Bertz CT molecular complexity index is 572. The summed E-state index contributed by atoms with van der Waals surface area (Å²) < 4.78 is 1.81. The first-order valence-corrected chi connectivity index (χ1v) is 7.19. The predicted molar refractivity (Wildman–Crippen MR) is 83.6 cm³/mol. The van der Waals surface area contributed by atoms with Crippen LogP contribution in [0.1, 0.15) is 26.3 Å². The number of aromatic nitrogens is 3. The molecule has 0 aromatic carbocycles. The first-order chi connectivity index (χ1) is 9.88. The molecule has 0 aliphatic carbocycles. The number of nitrogens with zero attached hydrogens (tertiary/aromatic N) is 3. The highest BCUT2D eigenvalue weighted by Gasteiger charge is 2.21. The monoisotopic (exact) mass is 288 g/mol. The Balaban J connectivity index is 2.05. The molecule has 0 spiro atoms. The van der Waals surface area contributed by atoms with Gasteiger partial charge < -0.3 is 10.4 Å². The zero-order chi connectivity index (χ0) is 15.5. The summed E-state index contributed by atoms with van der Waals surface area (Å²) in [5, 5.41) is 17.9. The number of aliphatic hydroxyl groups excluding tert-OH is 1. The molecular formula is C16H24N4O. The third kappa shape index (κ3) is 4.12. The van der Waals surface area contributed by atoms with E-state index in [0.717, 1.165) is 16.8 Å². The van der Waals surface area contributed by atoms with Crippen molar-refractivity contribution >= 4 is 0 Å². The molecular weight excluding hydrogens is 264 g/mol. The molecule has 5 heteroatoms. The summed E-state index contributed by atoms with van der Waals surface area (Å²) in [7, 11) is 1.91. The largest absolute Gasteiger partial charge is 0.391 e. The molecule has 0 aliphatic rings. The highest BCUT2D eigenvalue weighted by molar-refractivity contribution is 5.61. The Morgan fingerprint density at radius 2 is 1.95 bits per heavy atom. The summed E-state index contributed by atoms with van der Waals surface area (Å²) >= 11 is 0. The summed E-state index contributed by atoms with van der Waals surface area (Å²) in [6, 6.07) is 3.91. The van der Waals surface area contributed by atoms with Gasteiger partial charge in [-0.15, -0.1) is 0 Å². The van der Waals surface area contributed by atoms with Gasteiger partial charge in [0.05, 0.1) is 11.8 Å². The minimum Gasteiger partial charge on any atom is -0.391 e. The molecule has 21 heavy (non-hydrogen) atoms. The molecule has 2 aromatic rings. The van der Waals surface area contributed by atoms with E-state index in [4.69, 9.17) is 0 Å². The van der Waals surface area contributed by atoms with E-state index in [9.17, 15) is 5.11 Å². The van der Waals surface area contributed by atoms with Crippen molar-refractivity contribution in [1.29, 1.82) is 0 Å². The van der Waals surface area contributed by atoms with Gasteiger partial charge in [0.25, 0.3) is 0 Å². The zero-order valence-corrected chi connectivity index (χ0v) is 13.2. The number of aryl methyl sites for hydroxylation is 1. The van der Waals surface area contributed by atoms with Crippen LogP contribution in [-0.2, 0) is 13.6 Å². The molecule has 0 fully saturated rings. The van der Waals surface area contributed by atoms with Crippen LogP contribution in [-0.4, -0.2) is 32.5 Å². The Morgan fingerprint density at radius 3 is 2.57 bits per heavy atom. The fourth-order valence-corrected chi connectivity index (χ4v) is 2.07. The molecule has 2 N–H and O–H groups in total. The average Bonchev–Trinajstić information content (AvgIpc) is 2.80. The number of aliphatic hydroxyl groups is 1. The fraction of sp³-hybridized carbons (Fsp3) is 0.500. The SMILES string of the molecule is Cn1cc(CNCC(O)C(C)(C)C)c(-c2ccncc2)n1. The second kappa shape index (κ2) is 6.37. The van der Waals surface area contributed by atoms with E-state index in [1.165, 1.54) is 0 Å². The smallest absolute Gasteiger partial charge is 0.0969 e. The Labute approximate surface area is 126 Å². The lowest BCUT2D eigenvalue weighted by atomic mass is 9.89. The minimum absolute atomic E-state index is 0.115. The van der Waals surface area contributed by atoms with Gasteiger partial charge in [0.2, 0.25) is 0 Å². The quantitative estimate of drug-likeness (QED) is 0.883. The van der Waals surface area contributed by atoms with E-state index in [1.54, 1.807) is 12.4 Å². The lowest BCUT2D eigenvalue weighted by molar-refractivity contribution is 0.0628. The van der Waals surface area contributed by atoms with Crippen molar-refractivity contribution in [3.8, 4) is 11.3 Å². The normalized spacial score (nSPS) is 13.4.